The smallest absolute Gasteiger partial charge is 0.243 e. The first-order valence-corrected chi connectivity index (χ1v) is 8.82. The van der Waals surface area contributed by atoms with Crippen molar-refractivity contribution in [1.82, 2.24) is 4.31 Å². The molecule has 5 nitrogen and oxygen atoms in total. The number of hydrogen-bond acceptors (Lipinski definition) is 4. The number of piperidine rings is 1. The van der Waals surface area contributed by atoms with Gasteiger partial charge in [-0.15, -0.1) is 0 Å². The molecule has 1 unspecified atom stereocenters. The van der Waals surface area contributed by atoms with Crippen molar-refractivity contribution in [3.63, 3.8) is 0 Å². The number of ether oxygens (including phenoxy) is 1. The van der Waals surface area contributed by atoms with Gasteiger partial charge in [0, 0.05) is 19.1 Å². The maximum atomic E-state index is 12.5. The van der Waals surface area contributed by atoms with Crippen LogP contribution in [0.15, 0.2) is 29.2 Å². The van der Waals surface area contributed by atoms with Gasteiger partial charge >= 0.3 is 0 Å². The van der Waals surface area contributed by atoms with E-state index in [-0.39, 0.29) is 6.04 Å². The lowest BCUT2D eigenvalue weighted by Crippen LogP contribution is -2.45. The van der Waals surface area contributed by atoms with Crippen LogP contribution in [0.5, 0.6) is 5.75 Å². The Labute approximate surface area is 127 Å². The highest BCUT2D eigenvalue weighted by molar-refractivity contribution is 7.89. The highest BCUT2D eigenvalue weighted by Gasteiger charge is 2.28. The molecule has 1 heterocycles. The summed E-state index contributed by atoms with van der Waals surface area (Å²) in [5, 5.41) is 0. The molecule has 1 aliphatic rings. The van der Waals surface area contributed by atoms with Crippen LogP contribution in [-0.2, 0) is 10.0 Å². The van der Waals surface area contributed by atoms with Crippen LogP contribution in [0, 0.1) is 5.92 Å². The predicted octanol–water partition coefficient (Wildman–Crippen LogP) is 1.83. The van der Waals surface area contributed by atoms with E-state index in [0.29, 0.717) is 36.3 Å². The van der Waals surface area contributed by atoms with Gasteiger partial charge in [0.25, 0.3) is 0 Å². The summed E-state index contributed by atoms with van der Waals surface area (Å²) >= 11 is 0. The molecule has 1 saturated heterocycles. The Morgan fingerprint density at radius 2 is 2.00 bits per heavy atom. The molecule has 1 aromatic carbocycles. The number of rotatable bonds is 5. The van der Waals surface area contributed by atoms with Gasteiger partial charge in [-0.1, -0.05) is 13.8 Å². The second-order valence-corrected chi connectivity index (χ2v) is 7.88. The fraction of sp³-hybridized carbons (Fsp3) is 0.600. The number of nitrogens with two attached hydrogens (primary N) is 1. The fourth-order valence-electron chi connectivity index (χ4n) is 2.31. The van der Waals surface area contributed by atoms with Gasteiger partial charge in [0.15, 0.2) is 0 Å². The molecule has 1 fully saturated rings. The van der Waals surface area contributed by atoms with Crippen LogP contribution < -0.4 is 10.5 Å². The average molecular weight is 312 g/mol. The molecule has 118 valence electrons. The molecule has 0 spiro atoms. The zero-order valence-electron chi connectivity index (χ0n) is 12.7. The maximum Gasteiger partial charge on any atom is 0.243 e. The van der Waals surface area contributed by atoms with E-state index < -0.39 is 10.0 Å². The summed E-state index contributed by atoms with van der Waals surface area (Å²) in [7, 11) is -3.45. The number of sulfonamides is 1. The van der Waals surface area contributed by atoms with E-state index in [0.717, 1.165) is 12.8 Å². The molecule has 0 bridgehead atoms. The molecule has 1 aliphatic heterocycles. The van der Waals surface area contributed by atoms with Crippen LogP contribution >= 0.6 is 0 Å². The van der Waals surface area contributed by atoms with Crippen LogP contribution in [0.2, 0.25) is 0 Å². The zero-order valence-corrected chi connectivity index (χ0v) is 13.5. The molecular formula is C15H24N2O3S. The van der Waals surface area contributed by atoms with Crippen LogP contribution in [0.1, 0.15) is 26.7 Å². The van der Waals surface area contributed by atoms with E-state index in [9.17, 15) is 8.42 Å². The molecular weight excluding hydrogens is 288 g/mol. The molecule has 0 saturated carbocycles. The summed E-state index contributed by atoms with van der Waals surface area (Å²) in [5.74, 6) is 1.13. The van der Waals surface area contributed by atoms with Gasteiger partial charge in [-0.25, -0.2) is 8.42 Å². The van der Waals surface area contributed by atoms with E-state index in [1.165, 1.54) is 4.31 Å². The normalized spacial score (nSPS) is 20.7. The molecule has 0 aromatic heterocycles. The summed E-state index contributed by atoms with van der Waals surface area (Å²) < 4.78 is 32.1. The lowest BCUT2D eigenvalue weighted by molar-refractivity contribution is 0.271. The Morgan fingerprint density at radius 1 is 1.33 bits per heavy atom. The van der Waals surface area contributed by atoms with Gasteiger partial charge < -0.3 is 10.5 Å². The van der Waals surface area contributed by atoms with Gasteiger partial charge in [0.2, 0.25) is 10.0 Å². The Hall–Kier alpha value is -1.11. The van der Waals surface area contributed by atoms with Crippen LogP contribution in [0.4, 0.5) is 0 Å². The van der Waals surface area contributed by atoms with E-state index in [4.69, 9.17) is 10.5 Å². The fourth-order valence-corrected chi connectivity index (χ4v) is 3.85. The van der Waals surface area contributed by atoms with Crippen molar-refractivity contribution in [2.24, 2.45) is 11.7 Å². The molecule has 0 radical (unpaired) electrons. The standard InChI is InChI=1S/C15H24N2O3S/c1-12(2)11-20-14-5-7-15(8-6-14)21(18,19)17-9-3-4-13(16)10-17/h5-8,12-13H,3-4,9-11,16H2,1-2H3. The Bertz CT molecular complexity index is 555. The van der Waals surface area contributed by atoms with Crippen molar-refractivity contribution in [2.75, 3.05) is 19.7 Å². The first kappa shape index (κ1) is 16.3. The number of benzene rings is 1. The molecule has 6 heteroatoms. The van der Waals surface area contributed by atoms with Gasteiger partial charge in [-0.2, -0.15) is 4.31 Å². The number of nitrogens with zero attached hydrogens (tertiary/aromatic N) is 1. The average Bonchev–Trinajstić information content (AvgIpc) is 2.45. The van der Waals surface area contributed by atoms with Crippen molar-refractivity contribution < 1.29 is 13.2 Å². The Kier molecular flexibility index (Phi) is 5.24. The van der Waals surface area contributed by atoms with E-state index >= 15 is 0 Å². The van der Waals surface area contributed by atoms with Crippen molar-refractivity contribution in [3.8, 4) is 5.75 Å². The van der Waals surface area contributed by atoms with Crippen LogP contribution in [0.3, 0.4) is 0 Å². The summed E-state index contributed by atoms with van der Waals surface area (Å²) in [6, 6.07) is 6.55. The summed E-state index contributed by atoms with van der Waals surface area (Å²) in [4.78, 5) is 0.300. The molecule has 0 aliphatic carbocycles. The van der Waals surface area contributed by atoms with Crippen molar-refractivity contribution >= 4 is 10.0 Å². The molecule has 1 aromatic rings. The molecule has 2 N–H and O–H groups in total. The molecule has 1 atom stereocenters. The van der Waals surface area contributed by atoms with Crippen molar-refractivity contribution in [2.45, 2.75) is 37.6 Å². The molecule has 2 rings (SSSR count). The highest BCUT2D eigenvalue weighted by Crippen LogP contribution is 2.22. The SMILES string of the molecule is CC(C)COc1ccc(S(=O)(=O)N2CCCC(N)C2)cc1. The second kappa shape index (κ2) is 6.77. The topological polar surface area (TPSA) is 72.6 Å². The Balaban J connectivity index is 2.09. The van der Waals surface area contributed by atoms with E-state index in [1.807, 2.05) is 0 Å². The summed E-state index contributed by atoms with van der Waals surface area (Å²) in [5.41, 5.74) is 5.87. The van der Waals surface area contributed by atoms with E-state index in [1.54, 1.807) is 24.3 Å². The first-order valence-electron chi connectivity index (χ1n) is 7.38. The van der Waals surface area contributed by atoms with Gasteiger partial charge in [0.05, 0.1) is 11.5 Å². The van der Waals surface area contributed by atoms with Crippen molar-refractivity contribution in [3.05, 3.63) is 24.3 Å². The summed E-state index contributed by atoms with van der Waals surface area (Å²) in [6.45, 7) is 5.69. The lowest BCUT2D eigenvalue weighted by Gasteiger charge is -2.29. The Morgan fingerprint density at radius 3 is 2.57 bits per heavy atom. The minimum Gasteiger partial charge on any atom is -0.493 e. The maximum absolute atomic E-state index is 12.5. The summed E-state index contributed by atoms with van der Waals surface area (Å²) in [6.07, 6.45) is 1.70. The lowest BCUT2D eigenvalue weighted by atomic mass is 10.1. The zero-order chi connectivity index (χ0) is 15.5. The predicted molar refractivity (Wildman–Crippen MR) is 82.7 cm³/mol. The first-order chi connectivity index (χ1) is 9.89. The largest absolute Gasteiger partial charge is 0.493 e. The van der Waals surface area contributed by atoms with Gasteiger partial charge in [0.1, 0.15) is 5.75 Å². The third kappa shape index (κ3) is 4.18. The second-order valence-electron chi connectivity index (χ2n) is 5.94. The quantitative estimate of drug-likeness (QED) is 0.900. The minimum absolute atomic E-state index is 0.0674. The van der Waals surface area contributed by atoms with Crippen molar-refractivity contribution in [1.29, 1.82) is 0 Å². The number of hydrogen-bond donors (Lipinski definition) is 1. The third-order valence-electron chi connectivity index (χ3n) is 3.47. The highest BCUT2D eigenvalue weighted by atomic mass is 32.2. The third-order valence-corrected chi connectivity index (χ3v) is 5.34. The monoisotopic (exact) mass is 312 g/mol. The van der Waals surface area contributed by atoms with Crippen LogP contribution in [-0.4, -0.2) is 38.5 Å². The van der Waals surface area contributed by atoms with Gasteiger partial charge in [-0.3, -0.25) is 0 Å². The molecule has 21 heavy (non-hydrogen) atoms. The van der Waals surface area contributed by atoms with E-state index in [2.05, 4.69) is 13.8 Å². The van der Waals surface area contributed by atoms with Gasteiger partial charge in [-0.05, 0) is 43.0 Å². The van der Waals surface area contributed by atoms with Crippen LogP contribution in [0.25, 0.3) is 0 Å². The minimum atomic E-state index is -3.45. The molecule has 0 amide bonds.